The molecule has 148 valence electrons. The van der Waals surface area contributed by atoms with E-state index in [4.69, 9.17) is 4.52 Å². The Kier molecular flexibility index (Phi) is 5.72. The zero-order valence-corrected chi connectivity index (χ0v) is 15.8. The second-order valence-corrected chi connectivity index (χ2v) is 6.87. The van der Waals surface area contributed by atoms with E-state index in [1.807, 2.05) is 0 Å². The zero-order chi connectivity index (χ0) is 20.3. The summed E-state index contributed by atoms with van der Waals surface area (Å²) in [4.78, 5) is 43.7. The first-order chi connectivity index (χ1) is 13.4. The summed E-state index contributed by atoms with van der Waals surface area (Å²) in [6, 6.07) is 6.83. The molecule has 3 rings (SSSR count). The molecular formula is C19H22N4O5. The van der Waals surface area contributed by atoms with Crippen LogP contribution in [0.3, 0.4) is 0 Å². The molecule has 0 saturated carbocycles. The number of aromatic nitrogens is 2. The highest BCUT2D eigenvalue weighted by Gasteiger charge is 2.29. The van der Waals surface area contributed by atoms with Gasteiger partial charge in [-0.25, -0.2) is 0 Å². The number of likely N-dealkylation sites (N-methyl/N-ethyl adjacent to an activating group) is 1. The molecule has 28 heavy (non-hydrogen) atoms. The summed E-state index contributed by atoms with van der Waals surface area (Å²) in [6.07, 6.45) is 1.20. The van der Waals surface area contributed by atoms with Gasteiger partial charge in [0.05, 0.1) is 23.6 Å². The summed E-state index contributed by atoms with van der Waals surface area (Å²) in [7, 11) is 1.54. The van der Waals surface area contributed by atoms with Gasteiger partial charge in [0, 0.05) is 20.1 Å². The van der Waals surface area contributed by atoms with Gasteiger partial charge in [0.1, 0.15) is 0 Å². The minimum Gasteiger partial charge on any atom is -0.481 e. The fourth-order valence-corrected chi connectivity index (χ4v) is 3.25. The van der Waals surface area contributed by atoms with Crippen molar-refractivity contribution < 1.29 is 24.0 Å². The van der Waals surface area contributed by atoms with E-state index >= 15 is 0 Å². The summed E-state index contributed by atoms with van der Waals surface area (Å²) < 4.78 is 5.17. The average molecular weight is 386 g/mol. The van der Waals surface area contributed by atoms with Gasteiger partial charge in [-0.1, -0.05) is 17.3 Å². The molecule has 9 heteroatoms. The van der Waals surface area contributed by atoms with Crippen LogP contribution < -0.4 is 0 Å². The molecule has 1 aliphatic heterocycles. The minimum absolute atomic E-state index is 0.137. The van der Waals surface area contributed by atoms with E-state index in [-0.39, 0.29) is 30.8 Å². The van der Waals surface area contributed by atoms with Crippen molar-refractivity contribution in [1.29, 1.82) is 0 Å². The van der Waals surface area contributed by atoms with Crippen LogP contribution in [0.4, 0.5) is 0 Å². The third-order valence-corrected chi connectivity index (χ3v) is 4.76. The lowest BCUT2D eigenvalue weighted by Crippen LogP contribution is -2.47. The van der Waals surface area contributed by atoms with Gasteiger partial charge < -0.3 is 19.4 Å². The van der Waals surface area contributed by atoms with Crippen molar-refractivity contribution in [3.63, 3.8) is 0 Å². The van der Waals surface area contributed by atoms with Crippen LogP contribution in [0.25, 0.3) is 11.5 Å². The van der Waals surface area contributed by atoms with Gasteiger partial charge in [0.25, 0.3) is 11.8 Å². The number of hydrogen-bond donors (Lipinski definition) is 1. The van der Waals surface area contributed by atoms with Gasteiger partial charge in [-0.05, 0) is 31.9 Å². The third kappa shape index (κ3) is 4.19. The molecule has 1 fully saturated rings. The number of aliphatic carboxylic acids is 1. The molecule has 0 bridgehead atoms. The highest BCUT2D eigenvalue weighted by atomic mass is 16.5. The maximum Gasteiger partial charge on any atom is 0.308 e. The molecule has 0 aliphatic carbocycles. The number of nitrogens with zero attached hydrogens (tertiary/aromatic N) is 4. The number of carboxylic acids is 1. The summed E-state index contributed by atoms with van der Waals surface area (Å²) in [5.74, 6) is -1.38. The Labute approximate surface area is 161 Å². The highest BCUT2D eigenvalue weighted by Crippen LogP contribution is 2.23. The number of carbonyl (C=O) groups is 3. The lowest BCUT2D eigenvalue weighted by Gasteiger charge is -2.32. The number of rotatable bonds is 5. The van der Waals surface area contributed by atoms with Crippen molar-refractivity contribution >= 4 is 17.8 Å². The minimum atomic E-state index is -0.897. The molecule has 0 radical (unpaired) electrons. The second kappa shape index (κ2) is 8.20. The number of piperidine rings is 1. The Morgan fingerprint density at radius 3 is 2.75 bits per heavy atom. The van der Waals surface area contributed by atoms with Gasteiger partial charge in [0.15, 0.2) is 5.82 Å². The van der Waals surface area contributed by atoms with E-state index in [0.717, 1.165) is 0 Å². The molecule has 2 heterocycles. The maximum absolute atomic E-state index is 12.9. The Bertz CT molecular complexity index is 894. The average Bonchev–Trinajstić information content (AvgIpc) is 3.13. The molecule has 1 atom stereocenters. The van der Waals surface area contributed by atoms with E-state index in [1.165, 1.54) is 16.8 Å². The van der Waals surface area contributed by atoms with Crippen LogP contribution in [-0.4, -0.2) is 69.5 Å². The summed E-state index contributed by atoms with van der Waals surface area (Å²) in [5, 5.41) is 12.9. The predicted molar refractivity (Wildman–Crippen MR) is 98.4 cm³/mol. The van der Waals surface area contributed by atoms with Crippen LogP contribution in [0.1, 0.15) is 29.0 Å². The molecule has 1 unspecified atom stereocenters. The number of amides is 2. The fourth-order valence-electron chi connectivity index (χ4n) is 3.25. The third-order valence-electron chi connectivity index (χ3n) is 4.76. The number of carbonyl (C=O) groups excluding carboxylic acids is 2. The van der Waals surface area contributed by atoms with Crippen LogP contribution in [-0.2, 0) is 9.59 Å². The number of aryl methyl sites for hydroxylation is 1. The summed E-state index contributed by atoms with van der Waals surface area (Å²) in [6.45, 7) is 2.23. The van der Waals surface area contributed by atoms with Crippen molar-refractivity contribution in [2.24, 2.45) is 5.92 Å². The Balaban J connectivity index is 1.71. The predicted octanol–water partition coefficient (Wildman–Crippen LogP) is 1.44. The largest absolute Gasteiger partial charge is 0.481 e. The molecule has 2 aromatic rings. The van der Waals surface area contributed by atoms with Gasteiger partial charge in [0.2, 0.25) is 5.91 Å². The normalized spacial score (nSPS) is 16.6. The maximum atomic E-state index is 12.9. The lowest BCUT2D eigenvalue weighted by molar-refractivity contribution is -0.145. The van der Waals surface area contributed by atoms with Crippen LogP contribution in [0.2, 0.25) is 0 Å². The van der Waals surface area contributed by atoms with Crippen LogP contribution in [0.5, 0.6) is 0 Å². The Morgan fingerprint density at radius 2 is 2.07 bits per heavy atom. The molecule has 2 amide bonds. The van der Waals surface area contributed by atoms with E-state index in [9.17, 15) is 19.5 Å². The van der Waals surface area contributed by atoms with Crippen molar-refractivity contribution in [2.45, 2.75) is 19.8 Å². The van der Waals surface area contributed by atoms with Gasteiger partial charge in [-0.15, -0.1) is 0 Å². The van der Waals surface area contributed by atoms with Crippen molar-refractivity contribution in [3.8, 4) is 11.5 Å². The molecule has 1 N–H and O–H groups in total. The monoisotopic (exact) mass is 386 g/mol. The summed E-state index contributed by atoms with van der Waals surface area (Å²) in [5.41, 5.74) is 0.847. The van der Waals surface area contributed by atoms with Gasteiger partial charge >= 0.3 is 5.97 Å². The molecule has 1 aromatic carbocycles. The highest BCUT2D eigenvalue weighted by molar-refractivity contribution is 6.01. The van der Waals surface area contributed by atoms with E-state index in [1.54, 1.807) is 31.2 Å². The molecule has 1 saturated heterocycles. The molecule has 1 aliphatic rings. The molecule has 0 spiro atoms. The molecule has 1 aromatic heterocycles. The van der Waals surface area contributed by atoms with E-state index in [2.05, 4.69) is 10.1 Å². The Hall–Kier alpha value is -3.23. The van der Waals surface area contributed by atoms with Gasteiger partial charge in [-0.2, -0.15) is 4.98 Å². The van der Waals surface area contributed by atoms with E-state index < -0.39 is 11.9 Å². The first-order valence-electron chi connectivity index (χ1n) is 9.02. The quantitative estimate of drug-likeness (QED) is 0.826. The smallest absolute Gasteiger partial charge is 0.308 e. The standard InChI is InChI=1S/C19H22N4O5/c1-12-20-17(28-21-12)14-7-3-4-8-15(14)18(25)22(2)11-16(24)23-9-5-6-13(10-23)19(26)27/h3-4,7-8,13H,5-6,9-11H2,1-2H3,(H,26,27). The van der Waals surface area contributed by atoms with Crippen LogP contribution in [0.15, 0.2) is 28.8 Å². The van der Waals surface area contributed by atoms with Crippen molar-refractivity contribution in [2.75, 3.05) is 26.7 Å². The first-order valence-corrected chi connectivity index (χ1v) is 9.02. The van der Waals surface area contributed by atoms with E-state index in [0.29, 0.717) is 36.3 Å². The fraction of sp³-hybridized carbons (Fsp3) is 0.421. The lowest BCUT2D eigenvalue weighted by atomic mass is 9.98. The topological polar surface area (TPSA) is 117 Å². The second-order valence-electron chi connectivity index (χ2n) is 6.87. The molecule has 9 nitrogen and oxygen atoms in total. The number of carboxylic acid groups (broad SMARTS) is 1. The zero-order valence-electron chi connectivity index (χ0n) is 15.8. The SMILES string of the molecule is Cc1noc(-c2ccccc2C(=O)N(C)CC(=O)N2CCCC(C(=O)O)C2)n1. The number of benzene rings is 1. The van der Waals surface area contributed by atoms with Gasteiger partial charge in [-0.3, -0.25) is 14.4 Å². The summed E-state index contributed by atoms with van der Waals surface area (Å²) >= 11 is 0. The van der Waals surface area contributed by atoms with Crippen molar-refractivity contribution in [1.82, 2.24) is 19.9 Å². The first kappa shape index (κ1) is 19.5. The molecular weight excluding hydrogens is 364 g/mol. The van der Waals surface area contributed by atoms with Crippen LogP contribution in [0, 0.1) is 12.8 Å². The number of hydrogen-bond acceptors (Lipinski definition) is 6. The number of likely N-dealkylation sites (tertiary alicyclic amines) is 1. The van der Waals surface area contributed by atoms with Crippen molar-refractivity contribution in [3.05, 3.63) is 35.7 Å². The van der Waals surface area contributed by atoms with Crippen LogP contribution >= 0.6 is 0 Å². The Morgan fingerprint density at radius 1 is 1.32 bits per heavy atom.